The van der Waals surface area contributed by atoms with Gasteiger partial charge in [0.05, 0.1) is 5.75 Å². The first-order valence-corrected chi connectivity index (χ1v) is 9.63. The summed E-state index contributed by atoms with van der Waals surface area (Å²) < 4.78 is 22.1. The Bertz CT molecular complexity index is 635. The quantitative estimate of drug-likeness (QED) is 0.731. The van der Waals surface area contributed by atoms with E-state index >= 15 is 0 Å². The maximum atomic E-state index is 12.3. The number of benzene rings is 1. The van der Waals surface area contributed by atoms with Gasteiger partial charge in [-0.25, -0.2) is 13.6 Å². The largest absolute Gasteiger partial charge is 0.330 e. The van der Waals surface area contributed by atoms with Crippen LogP contribution in [0.4, 0.5) is 5.69 Å². The second-order valence-corrected chi connectivity index (χ2v) is 8.11. The minimum atomic E-state index is -3.55. The first kappa shape index (κ1) is 17.9. The number of anilines is 1. The van der Waals surface area contributed by atoms with Crippen LogP contribution in [0.15, 0.2) is 24.3 Å². The molecule has 1 saturated carbocycles. The lowest BCUT2D eigenvalue weighted by Gasteiger charge is -2.35. The zero-order valence-corrected chi connectivity index (χ0v) is 14.1. The van der Waals surface area contributed by atoms with Crippen LogP contribution < -0.4 is 16.2 Å². The van der Waals surface area contributed by atoms with Gasteiger partial charge in [-0.3, -0.25) is 4.79 Å². The third-order valence-corrected chi connectivity index (χ3v) is 5.22. The van der Waals surface area contributed by atoms with E-state index in [2.05, 4.69) is 5.32 Å². The molecule has 0 aromatic heterocycles. The normalized spacial score (nSPS) is 17.7. The molecule has 2 rings (SSSR count). The molecule has 128 valence electrons. The van der Waals surface area contributed by atoms with Crippen LogP contribution in [-0.2, 0) is 20.6 Å². The highest BCUT2D eigenvalue weighted by atomic mass is 32.2. The summed E-state index contributed by atoms with van der Waals surface area (Å²) in [5, 5.41) is 7.87. The van der Waals surface area contributed by atoms with E-state index in [9.17, 15) is 13.2 Å². The molecule has 1 amide bonds. The van der Waals surface area contributed by atoms with Gasteiger partial charge in [-0.15, -0.1) is 0 Å². The maximum Gasteiger partial charge on any atom is 0.224 e. The van der Waals surface area contributed by atoms with Gasteiger partial charge in [0.15, 0.2) is 0 Å². The van der Waals surface area contributed by atoms with Crippen LogP contribution in [0.5, 0.6) is 0 Å². The summed E-state index contributed by atoms with van der Waals surface area (Å²) in [5.41, 5.74) is 7.08. The monoisotopic (exact) mass is 339 g/mol. The highest BCUT2D eigenvalue weighted by molar-refractivity contribution is 7.88. The van der Waals surface area contributed by atoms with E-state index in [1.54, 1.807) is 24.3 Å². The molecule has 0 atom stereocenters. The van der Waals surface area contributed by atoms with E-state index in [-0.39, 0.29) is 17.1 Å². The number of primary sulfonamides is 1. The Kier molecular flexibility index (Phi) is 5.78. The average Bonchev–Trinajstić information content (AvgIpc) is 2.48. The first-order valence-electron chi connectivity index (χ1n) is 7.91. The third-order valence-electron chi connectivity index (χ3n) is 4.49. The molecule has 5 N–H and O–H groups in total. The number of hydrogen-bond acceptors (Lipinski definition) is 4. The molecule has 23 heavy (non-hydrogen) atoms. The zero-order valence-electron chi connectivity index (χ0n) is 13.3. The van der Waals surface area contributed by atoms with Gasteiger partial charge in [0.1, 0.15) is 0 Å². The van der Waals surface area contributed by atoms with E-state index in [0.717, 1.165) is 25.7 Å². The molecule has 0 spiro atoms. The van der Waals surface area contributed by atoms with Gasteiger partial charge in [-0.2, -0.15) is 0 Å². The van der Waals surface area contributed by atoms with Crippen molar-refractivity contribution in [3.8, 4) is 0 Å². The predicted molar refractivity (Wildman–Crippen MR) is 91.1 cm³/mol. The summed E-state index contributed by atoms with van der Waals surface area (Å²) in [6.07, 6.45) is 5.92. The van der Waals surface area contributed by atoms with E-state index in [1.807, 2.05) is 0 Å². The summed E-state index contributed by atoms with van der Waals surface area (Å²) >= 11 is 0. The Labute approximate surface area is 137 Å². The minimum Gasteiger partial charge on any atom is -0.330 e. The summed E-state index contributed by atoms with van der Waals surface area (Å²) in [7, 11) is -3.55. The van der Waals surface area contributed by atoms with Crippen LogP contribution in [0.1, 0.15) is 44.1 Å². The molecule has 0 saturated heterocycles. The first-order chi connectivity index (χ1) is 10.8. The number of amides is 1. The lowest BCUT2D eigenvalue weighted by Crippen LogP contribution is -2.36. The molecule has 1 aliphatic rings. The zero-order chi connectivity index (χ0) is 16.9. The van der Waals surface area contributed by atoms with Crippen molar-refractivity contribution < 1.29 is 13.2 Å². The summed E-state index contributed by atoms with van der Waals surface area (Å²) in [6, 6.07) is 6.68. The van der Waals surface area contributed by atoms with Crippen LogP contribution in [0, 0.1) is 5.41 Å². The molecular formula is C16H25N3O3S. The van der Waals surface area contributed by atoms with Crippen molar-refractivity contribution in [2.75, 3.05) is 11.9 Å². The molecule has 1 aliphatic carbocycles. The highest BCUT2D eigenvalue weighted by Crippen LogP contribution is 2.38. The summed E-state index contributed by atoms with van der Waals surface area (Å²) in [4.78, 5) is 12.3. The molecule has 1 aromatic carbocycles. The number of hydrogen-bond donors (Lipinski definition) is 3. The van der Waals surface area contributed by atoms with Gasteiger partial charge < -0.3 is 11.1 Å². The standard InChI is InChI=1S/C16H25N3O3S/c17-12-16(8-2-1-3-9-16)10-15(20)19-14-6-4-13(5-7-14)11-23(18,21)22/h4-7H,1-3,8-12,17H2,(H,19,20)(H2,18,21,22). The van der Waals surface area contributed by atoms with Crippen molar-refractivity contribution in [2.45, 2.75) is 44.3 Å². The molecule has 0 aliphatic heterocycles. The van der Waals surface area contributed by atoms with E-state index < -0.39 is 10.0 Å². The van der Waals surface area contributed by atoms with Gasteiger partial charge in [0.25, 0.3) is 0 Å². The Morgan fingerprint density at radius 1 is 1.13 bits per heavy atom. The minimum absolute atomic E-state index is 0.0449. The van der Waals surface area contributed by atoms with Gasteiger partial charge in [-0.1, -0.05) is 31.4 Å². The van der Waals surface area contributed by atoms with Crippen molar-refractivity contribution in [3.63, 3.8) is 0 Å². The second kappa shape index (κ2) is 7.42. The van der Waals surface area contributed by atoms with Crippen LogP contribution in [-0.4, -0.2) is 20.9 Å². The molecule has 0 radical (unpaired) electrons. The maximum absolute atomic E-state index is 12.3. The Hall–Kier alpha value is -1.44. The van der Waals surface area contributed by atoms with Gasteiger partial charge >= 0.3 is 0 Å². The van der Waals surface area contributed by atoms with Crippen LogP contribution in [0.2, 0.25) is 0 Å². The lowest BCUT2D eigenvalue weighted by atomic mass is 9.71. The van der Waals surface area contributed by atoms with Gasteiger partial charge in [0, 0.05) is 12.1 Å². The molecule has 7 heteroatoms. The number of carbonyl (C=O) groups is 1. The van der Waals surface area contributed by atoms with Crippen LogP contribution in [0.25, 0.3) is 0 Å². The summed E-state index contributed by atoms with van der Waals surface area (Å²) in [6.45, 7) is 0.535. The predicted octanol–water partition coefficient (Wildman–Crippen LogP) is 1.71. The third kappa shape index (κ3) is 5.60. The Morgan fingerprint density at radius 2 is 1.74 bits per heavy atom. The molecule has 0 heterocycles. The van der Waals surface area contributed by atoms with Crippen LogP contribution >= 0.6 is 0 Å². The van der Waals surface area contributed by atoms with Crippen molar-refractivity contribution in [1.82, 2.24) is 0 Å². The second-order valence-electron chi connectivity index (χ2n) is 6.49. The van der Waals surface area contributed by atoms with E-state index in [4.69, 9.17) is 10.9 Å². The van der Waals surface area contributed by atoms with Crippen molar-refractivity contribution in [1.29, 1.82) is 0 Å². The number of nitrogens with one attached hydrogen (secondary N) is 1. The SMILES string of the molecule is NCC1(CC(=O)Nc2ccc(CS(N)(=O)=O)cc2)CCCCC1. The molecule has 1 fully saturated rings. The van der Waals surface area contributed by atoms with E-state index in [0.29, 0.717) is 24.2 Å². The molecule has 6 nitrogen and oxygen atoms in total. The fourth-order valence-electron chi connectivity index (χ4n) is 3.22. The highest BCUT2D eigenvalue weighted by Gasteiger charge is 2.32. The number of nitrogens with two attached hydrogens (primary N) is 2. The fourth-order valence-corrected chi connectivity index (χ4v) is 3.87. The van der Waals surface area contributed by atoms with E-state index in [1.165, 1.54) is 6.42 Å². The molecule has 1 aromatic rings. The summed E-state index contributed by atoms with van der Waals surface area (Å²) in [5.74, 6) is -0.256. The van der Waals surface area contributed by atoms with Gasteiger partial charge in [-0.05, 0) is 42.5 Å². The van der Waals surface area contributed by atoms with Crippen LogP contribution in [0.3, 0.4) is 0 Å². The van der Waals surface area contributed by atoms with Crippen molar-refractivity contribution >= 4 is 21.6 Å². The van der Waals surface area contributed by atoms with Crippen molar-refractivity contribution in [3.05, 3.63) is 29.8 Å². The Morgan fingerprint density at radius 3 is 2.26 bits per heavy atom. The number of carbonyl (C=O) groups excluding carboxylic acids is 1. The topological polar surface area (TPSA) is 115 Å². The molecular weight excluding hydrogens is 314 g/mol. The fraction of sp³-hybridized carbons (Fsp3) is 0.562. The average molecular weight is 339 g/mol. The lowest BCUT2D eigenvalue weighted by molar-refractivity contribution is -0.118. The molecule has 0 bridgehead atoms. The van der Waals surface area contributed by atoms with Crippen molar-refractivity contribution in [2.24, 2.45) is 16.3 Å². The smallest absolute Gasteiger partial charge is 0.224 e. The molecule has 0 unspecified atom stereocenters. The number of rotatable bonds is 6. The number of sulfonamides is 1. The van der Waals surface area contributed by atoms with Gasteiger partial charge in [0.2, 0.25) is 15.9 Å². The Balaban J connectivity index is 1.94.